The van der Waals surface area contributed by atoms with Crippen LogP contribution in [0.25, 0.3) is 0 Å². The summed E-state index contributed by atoms with van der Waals surface area (Å²) in [6, 6.07) is 0. The normalized spacial score (nSPS) is 13.9. The molecule has 0 spiro atoms. The van der Waals surface area contributed by atoms with E-state index in [-0.39, 0.29) is 24.8 Å². The van der Waals surface area contributed by atoms with Crippen LogP contribution < -0.4 is 0 Å². The van der Waals surface area contributed by atoms with Gasteiger partial charge in [0.05, 0.1) is 27.2 Å². The number of aliphatic hydroxyl groups excluding tert-OH is 1. The van der Waals surface area contributed by atoms with Crippen molar-refractivity contribution in [3.63, 3.8) is 0 Å². The molecule has 0 aromatic rings. The van der Waals surface area contributed by atoms with Gasteiger partial charge in [0.15, 0.2) is 0 Å². The molecule has 0 radical (unpaired) electrons. The van der Waals surface area contributed by atoms with E-state index in [2.05, 4.69) is 19.9 Å². The molecule has 2 unspecified atom stereocenters. The molecular weight excluding hydrogens is 394 g/mol. The van der Waals surface area contributed by atoms with E-state index in [1.165, 1.54) is 12.8 Å². The quantitative estimate of drug-likeness (QED) is 0.135. The van der Waals surface area contributed by atoms with Crippen LogP contribution in [0, 0.1) is 0 Å². The average Bonchev–Trinajstić information content (AvgIpc) is 2.68. The van der Waals surface area contributed by atoms with Crippen LogP contribution in [0.4, 0.5) is 0 Å². The highest BCUT2D eigenvalue weighted by atomic mass is 16.6. The number of allylic oxidation sites excluding steroid dienone is 1. The molecule has 0 amide bonds. The van der Waals surface area contributed by atoms with Gasteiger partial charge in [-0.05, 0) is 38.5 Å². The third-order valence-electron chi connectivity index (χ3n) is 5.11. The maximum absolute atomic E-state index is 12.3. The van der Waals surface area contributed by atoms with Gasteiger partial charge in [0.25, 0.3) is 0 Å². The summed E-state index contributed by atoms with van der Waals surface area (Å²) >= 11 is 0. The number of carbonyl (C=O) groups is 2. The Balaban J connectivity index is 4.32. The van der Waals surface area contributed by atoms with Crippen molar-refractivity contribution >= 4 is 11.9 Å². The Morgan fingerprint density at radius 1 is 0.903 bits per heavy atom. The maximum Gasteiger partial charge on any atom is 0.306 e. The first-order chi connectivity index (χ1) is 14.7. The van der Waals surface area contributed by atoms with Crippen molar-refractivity contribution in [2.45, 2.75) is 103 Å². The zero-order valence-corrected chi connectivity index (χ0v) is 20.7. The van der Waals surface area contributed by atoms with Gasteiger partial charge in [0, 0.05) is 12.8 Å². The van der Waals surface area contributed by atoms with Crippen molar-refractivity contribution in [2.75, 3.05) is 34.3 Å². The first-order valence-electron chi connectivity index (χ1n) is 12.2. The van der Waals surface area contributed by atoms with E-state index < -0.39 is 12.2 Å². The standard InChI is InChI=1S/C25H48NO5/c1-6-8-10-11-12-14-16-22(27)23(17-13-9-7-2)31-25(29)19-15-18-24(28)30-21-20-26(3,4)5/h12,14,22-23,27H,6-11,13,15-21H2,1-5H3/q+1. The van der Waals surface area contributed by atoms with Crippen LogP contribution in [0.5, 0.6) is 0 Å². The summed E-state index contributed by atoms with van der Waals surface area (Å²) in [5, 5.41) is 10.5. The lowest BCUT2D eigenvalue weighted by Gasteiger charge is -2.23. The number of esters is 2. The molecule has 6 nitrogen and oxygen atoms in total. The fourth-order valence-corrected chi connectivity index (χ4v) is 3.05. The van der Waals surface area contributed by atoms with Crippen LogP contribution in [0.15, 0.2) is 12.2 Å². The van der Waals surface area contributed by atoms with Gasteiger partial charge in [-0.1, -0.05) is 51.7 Å². The van der Waals surface area contributed by atoms with Gasteiger partial charge in [-0.15, -0.1) is 0 Å². The number of unbranched alkanes of at least 4 members (excludes halogenated alkanes) is 5. The minimum absolute atomic E-state index is 0.161. The Morgan fingerprint density at radius 2 is 1.55 bits per heavy atom. The fourth-order valence-electron chi connectivity index (χ4n) is 3.05. The van der Waals surface area contributed by atoms with Crippen molar-refractivity contribution in [1.29, 1.82) is 0 Å². The van der Waals surface area contributed by atoms with Gasteiger partial charge >= 0.3 is 11.9 Å². The molecule has 0 aromatic heterocycles. The van der Waals surface area contributed by atoms with Gasteiger partial charge in [0.2, 0.25) is 0 Å². The zero-order valence-electron chi connectivity index (χ0n) is 20.7. The second kappa shape index (κ2) is 18.2. The first-order valence-corrected chi connectivity index (χ1v) is 12.2. The van der Waals surface area contributed by atoms with Gasteiger partial charge in [-0.2, -0.15) is 0 Å². The van der Waals surface area contributed by atoms with Crippen molar-refractivity contribution in [2.24, 2.45) is 0 Å². The van der Waals surface area contributed by atoms with Gasteiger partial charge in [-0.3, -0.25) is 9.59 Å². The monoisotopic (exact) mass is 442 g/mol. The maximum atomic E-state index is 12.3. The van der Waals surface area contributed by atoms with Crippen LogP contribution in [-0.2, 0) is 19.1 Å². The Kier molecular flexibility index (Phi) is 17.4. The van der Waals surface area contributed by atoms with E-state index in [4.69, 9.17) is 9.47 Å². The fraction of sp³-hybridized carbons (Fsp3) is 0.840. The molecule has 1 N–H and O–H groups in total. The van der Waals surface area contributed by atoms with E-state index in [0.717, 1.165) is 43.1 Å². The van der Waals surface area contributed by atoms with Crippen molar-refractivity contribution in [3.05, 3.63) is 12.2 Å². The lowest BCUT2D eigenvalue weighted by atomic mass is 10.0. The average molecular weight is 443 g/mol. The smallest absolute Gasteiger partial charge is 0.306 e. The van der Waals surface area contributed by atoms with Crippen LogP contribution in [0.3, 0.4) is 0 Å². The molecule has 0 aromatic carbocycles. The van der Waals surface area contributed by atoms with Crippen LogP contribution >= 0.6 is 0 Å². The molecule has 0 aliphatic rings. The number of hydrogen-bond acceptors (Lipinski definition) is 5. The minimum Gasteiger partial charge on any atom is -0.460 e. The lowest BCUT2D eigenvalue weighted by molar-refractivity contribution is -0.870. The third-order valence-corrected chi connectivity index (χ3v) is 5.11. The molecule has 31 heavy (non-hydrogen) atoms. The summed E-state index contributed by atoms with van der Waals surface area (Å²) in [5.41, 5.74) is 0. The second-order valence-corrected chi connectivity index (χ2v) is 9.38. The van der Waals surface area contributed by atoms with Crippen molar-refractivity contribution in [3.8, 4) is 0 Å². The van der Waals surface area contributed by atoms with E-state index in [0.29, 0.717) is 25.9 Å². The topological polar surface area (TPSA) is 72.8 Å². The summed E-state index contributed by atoms with van der Waals surface area (Å²) < 4.78 is 11.5. The van der Waals surface area contributed by atoms with Gasteiger partial charge in [0.1, 0.15) is 19.3 Å². The Bertz CT molecular complexity index is 499. The molecule has 0 fully saturated rings. The zero-order chi connectivity index (χ0) is 23.5. The van der Waals surface area contributed by atoms with E-state index in [9.17, 15) is 14.7 Å². The second-order valence-electron chi connectivity index (χ2n) is 9.38. The molecule has 0 bridgehead atoms. The number of aliphatic hydroxyl groups is 1. The molecular formula is C25H48NO5+. The SMILES string of the molecule is CCCCCC=CCC(O)C(CCCCC)OC(=O)CCCC(=O)OCC[N+](C)(C)C. The van der Waals surface area contributed by atoms with Gasteiger partial charge in [-0.25, -0.2) is 0 Å². The molecule has 6 heteroatoms. The number of ether oxygens (including phenoxy) is 2. The minimum atomic E-state index is -0.691. The number of quaternary nitrogens is 1. The number of carbonyl (C=O) groups excluding carboxylic acids is 2. The molecule has 0 saturated carbocycles. The highest BCUT2D eigenvalue weighted by molar-refractivity contribution is 5.72. The summed E-state index contributed by atoms with van der Waals surface area (Å²) in [4.78, 5) is 24.1. The first kappa shape index (κ1) is 29.6. The molecule has 0 rings (SSSR count). The predicted octanol–water partition coefficient (Wildman–Crippen LogP) is 4.79. The van der Waals surface area contributed by atoms with Gasteiger partial charge < -0.3 is 19.1 Å². The molecule has 0 aliphatic heterocycles. The summed E-state index contributed by atoms with van der Waals surface area (Å²) in [6.07, 6.45) is 12.5. The van der Waals surface area contributed by atoms with E-state index in [1.807, 2.05) is 27.2 Å². The third kappa shape index (κ3) is 19.0. The van der Waals surface area contributed by atoms with Crippen LogP contribution in [0.2, 0.25) is 0 Å². The number of likely N-dealkylation sites (N-methyl/N-ethyl adjacent to an activating group) is 1. The highest BCUT2D eigenvalue weighted by Gasteiger charge is 2.22. The Labute approximate surface area is 190 Å². The predicted molar refractivity (Wildman–Crippen MR) is 126 cm³/mol. The van der Waals surface area contributed by atoms with E-state index in [1.54, 1.807) is 0 Å². The largest absolute Gasteiger partial charge is 0.460 e. The Morgan fingerprint density at radius 3 is 2.19 bits per heavy atom. The summed E-state index contributed by atoms with van der Waals surface area (Å²) in [6.45, 7) is 5.43. The lowest BCUT2D eigenvalue weighted by Crippen LogP contribution is -2.38. The summed E-state index contributed by atoms with van der Waals surface area (Å²) in [7, 11) is 6.12. The number of nitrogens with zero attached hydrogens (tertiary/aromatic N) is 1. The number of hydrogen-bond donors (Lipinski definition) is 1. The highest BCUT2D eigenvalue weighted by Crippen LogP contribution is 2.16. The van der Waals surface area contributed by atoms with E-state index >= 15 is 0 Å². The molecule has 0 heterocycles. The number of rotatable bonds is 19. The molecule has 2 atom stereocenters. The van der Waals surface area contributed by atoms with Crippen molar-refractivity contribution < 1.29 is 28.7 Å². The van der Waals surface area contributed by atoms with Crippen LogP contribution in [0.1, 0.15) is 90.9 Å². The summed E-state index contributed by atoms with van der Waals surface area (Å²) in [5.74, 6) is -0.638. The Hall–Kier alpha value is -1.40. The molecule has 0 saturated heterocycles. The van der Waals surface area contributed by atoms with Crippen molar-refractivity contribution in [1.82, 2.24) is 0 Å². The molecule has 182 valence electrons. The molecule has 0 aliphatic carbocycles. The van der Waals surface area contributed by atoms with Crippen LogP contribution in [-0.4, -0.2) is 68.0 Å².